The zero-order valence-electron chi connectivity index (χ0n) is 11.0. The summed E-state index contributed by atoms with van der Waals surface area (Å²) in [5.74, 6) is 0.700. The molecule has 0 bridgehead atoms. The van der Waals surface area contributed by atoms with E-state index in [1.54, 1.807) is 11.3 Å². The van der Waals surface area contributed by atoms with Crippen molar-refractivity contribution in [2.45, 2.75) is 33.6 Å². The zero-order valence-corrected chi connectivity index (χ0v) is 11.8. The first kappa shape index (κ1) is 14.5. The van der Waals surface area contributed by atoms with Crippen LogP contribution in [0.5, 0.6) is 0 Å². The van der Waals surface area contributed by atoms with E-state index in [1.165, 1.54) is 0 Å². The molecule has 0 amide bonds. The molecule has 1 N–H and O–H groups in total. The highest BCUT2D eigenvalue weighted by Crippen LogP contribution is 2.10. The Morgan fingerprint density at radius 1 is 1.24 bits per heavy atom. The van der Waals surface area contributed by atoms with Crippen molar-refractivity contribution in [3.63, 3.8) is 0 Å². The van der Waals surface area contributed by atoms with E-state index in [2.05, 4.69) is 29.4 Å². The molecule has 0 saturated carbocycles. The summed E-state index contributed by atoms with van der Waals surface area (Å²) in [5.41, 5.74) is 0. The Labute approximate surface area is 108 Å². The molecule has 0 aliphatic heterocycles. The van der Waals surface area contributed by atoms with Crippen molar-refractivity contribution in [3.05, 3.63) is 10.0 Å². The normalized spacial score (nSPS) is 11.3. The third kappa shape index (κ3) is 6.71. The topological polar surface area (TPSA) is 47.0 Å². The smallest absolute Gasteiger partial charge is 0.119 e. The Balaban J connectivity index is 2.16. The molecule has 0 spiro atoms. The minimum Gasteiger partial charge on any atom is -0.381 e. The number of nitrogens with one attached hydrogen (secondary N) is 1. The van der Waals surface area contributed by atoms with Gasteiger partial charge in [-0.15, -0.1) is 21.5 Å². The zero-order chi connectivity index (χ0) is 12.5. The molecule has 1 rings (SSSR count). The van der Waals surface area contributed by atoms with E-state index in [0.717, 1.165) is 49.2 Å². The van der Waals surface area contributed by atoms with Crippen molar-refractivity contribution in [1.29, 1.82) is 0 Å². The first-order chi connectivity index (χ1) is 8.22. The van der Waals surface area contributed by atoms with Crippen LogP contribution in [0.1, 0.15) is 30.8 Å². The molecule has 1 heterocycles. The van der Waals surface area contributed by atoms with Crippen LogP contribution in [-0.4, -0.2) is 36.5 Å². The van der Waals surface area contributed by atoms with Crippen LogP contribution in [0.4, 0.5) is 0 Å². The summed E-state index contributed by atoms with van der Waals surface area (Å²) < 4.78 is 5.30. The molecule has 0 radical (unpaired) electrons. The second-order valence-electron chi connectivity index (χ2n) is 4.38. The average Bonchev–Trinajstić information content (AvgIpc) is 2.73. The molecule has 0 aliphatic carbocycles. The van der Waals surface area contributed by atoms with Gasteiger partial charge in [0.2, 0.25) is 0 Å². The van der Waals surface area contributed by atoms with Crippen molar-refractivity contribution in [2.24, 2.45) is 5.92 Å². The van der Waals surface area contributed by atoms with Gasteiger partial charge in [0.25, 0.3) is 0 Å². The van der Waals surface area contributed by atoms with Gasteiger partial charge in [-0.2, -0.15) is 0 Å². The fourth-order valence-corrected chi connectivity index (χ4v) is 2.21. The molecule has 1 aromatic heterocycles. The van der Waals surface area contributed by atoms with Crippen molar-refractivity contribution >= 4 is 11.3 Å². The molecule has 0 aromatic carbocycles. The summed E-state index contributed by atoms with van der Waals surface area (Å²) in [6.07, 6.45) is 1.85. The van der Waals surface area contributed by atoms with Gasteiger partial charge in [-0.25, -0.2) is 0 Å². The quantitative estimate of drug-likeness (QED) is 0.686. The molecule has 0 saturated heterocycles. The number of aromatic nitrogens is 2. The fraction of sp³-hybridized carbons (Fsp3) is 0.833. The maximum Gasteiger partial charge on any atom is 0.119 e. The highest BCUT2D eigenvalue weighted by Gasteiger charge is 2.04. The van der Waals surface area contributed by atoms with E-state index in [9.17, 15) is 0 Å². The van der Waals surface area contributed by atoms with Gasteiger partial charge in [0, 0.05) is 26.0 Å². The van der Waals surface area contributed by atoms with E-state index in [4.69, 9.17) is 4.74 Å². The Bertz CT molecular complexity index is 302. The molecule has 0 aliphatic rings. The van der Waals surface area contributed by atoms with E-state index in [-0.39, 0.29) is 0 Å². The summed E-state index contributed by atoms with van der Waals surface area (Å²) in [5, 5.41) is 14.0. The largest absolute Gasteiger partial charge is 0.381 e. The maximum absolute atomic E-state index is 5.30. The van der Waals surface area contributed by atoms with Crippen molar-refractivity contribution in [1.82, 2.24) is 15.5 Å². The summed E-state index contributed by atoms with van der Waals surface area (Å²) >= 11 is 1.70. The van der Waals surface area contributed by atoms with Crippen molar-refractivity contribution in [2.75, 3.05) is 26.3 Å². The molecule has 0 unspecified atom stereocenters. The van der Waals surface area contributed by atoms with Gasteiger partial charge in [0.05, 0.1) is 6.61 Å². The first-order valence-electron chi connectivity index (χ1n) is 6.32. The second-order valence-corrected chi connectivity index (χ2v) is 5.53. The third-order valence-electron chi connectivity index (χ3n) is 2.24. The predicted molar refractivity (Wildman–Crippen MR) is 71.5 cm³/mol. The Hall–Kier alpha value is -0.520. The standard InChI is InChI=1S/C12H23N3OS/c1-4-16-8-6-12-15-14-11(17-12)5-7-13-9-10(2)3/h10,13H,4-9H2,1-3H3. The second kappa shape index (κ2) is 8.55. The minimum absolute atomic E-state index is 0.700. The van der Waals surface area contributed by atoms with Gasteiger partial charge in [0.1, 0.15) is 10.0 Å². The Morgan fingerprint density at radius 2 is 1.94 bits per heavy atom. The van der Waals surface area contributed by atoms with E-state index < -0.39 is 0 Å². The van der Waals surface area contributed by atoms with Gasteiger partial charge in [-0.3, -0.25) is 0 Å². The van der Waals surface area contributed by atoms with E-state index >= 15 is 0 Å². The molecule has 1 aromatic rings. The lowest BCUT2D eigenvalue weighted by Gasteiger charge is -2.05. The molecule has 4 nitrogen and oxygen atoms in total. The number of rotatable bonds is 9. The number of ether oxygens (including phenoxy) is 1. The van der Waals surface area contributed by atoms with Crippen LogP contribution in [0.2, 0.25) is 0 Å². The summed E-state index contributed by atoms with van der Waals surface area (Å²) in [7, 11) is 0. The van der Waals surface area contributed by atoms with Crippen LogP contribution >= 0.6 is 11.3 Å². The maximum atomic E-state index is 5.30. The van der Waals surface area contributed by atoms with Crippen molar-refractivity contribution in [3.8, 4) is 0 Å². The molecular formula is C12H23N3OS. The SMILES string of the molecule is CCOCCc1nnc(CCNCC(C)C)s1. The van der Waals surface area contributed by atoms with Crippen molar-refractivity contribution < 1.29 is 4.74 Å². The van der Waals surface area contributed by atoms with Crippen LogP contribution < -0.4 is 5.32 Å². The third-order valence-corrected chi connectivity index (χ3v) is 3.28. The Kier molecular flexibility index (Phi) is 7.32. The summed E-state index contributed by atoms with van der Waals surface area (Å²) in [6.45, 7) is 10.00. The van der Waals surface area contributed by atoms with Crippen LogP contribution in [0, 0.1) is 5.92 Å². The lowest BCUT2D eigenvalue weighted by atomic mass is 10.2. The molecular weight excluding hydrogens is 234 g/mol. The molecule has 98 valence electrons. The Morgan fingerprint density at radius 3 is 2.59 bits per heavy atom. The van der Waals surface area contributed by atoms with Crippen LogP contribution in [0.15, 0.2) is 0 Å². The minimum atomic E-state index is 0.700. The van der Waals surface area contributed by atoms with Crippen LogP contribution in [-0.2, 0) is 17.6 Å². The summed E-state index contributed by atoms with van der Waals surface area (Å²) in [6, 6.07) is 0. The molecule has 5 heteroatoms. The lowest BCUT2D eigenvalue weighted by Crippen LogP contribution is -2.22. The molecule has 0 fully saturated rings. The molecule has 0 atom stereocenters. The van der Waals surface area contributed by atoms with Gasteiger partial charge in [-0.05, 0) is 19.4 Å². The van der Waals surface area contributed by atoms with Crippen LogP contribution in [0.25, 0.3) is 0 Å². The number of nitrogens with zero attached hydrogens (tertiary/aromatic N) is 2. The van der Waals surface area contributed by atoms with E-state index in [1.807, 2.05) is 6.92 Å². The summed E-state index contributed by atoms with van der Waals surface area (Å²) in [4.78, 5) is 0. The van der Waals surface area contributed by atoms with Crippen LogP contribution in [0.3, 0.4) is 0 Å². The molecule has 17 heavy (non-hydrogen) atoms. The first-order valence-corrected chi connectivity index (χ1v) is 7.13. The lowest BCUT2D eigenvalue weighted by molar-refractivity contribution is 0.150. The van der Waals surface area contributed by atoms with E-state index in [0.29, 0.717) is 5.92 Å². The highest BCUT2D eigenvalue weighted by atomic mass is 32.1. The van der Waals surface area contributed by atoms with Gasteiger partial charge < -0.3 is 10.1 Å². The number of hydrogen-bond donors (Lipinski definition) is 1. The van der Waals surface area contributed by atoms with Gasteiger partial charge in [-0.1, -0.05) is 13.8 Å². The highest BCUT2D eigenvalue weighted by molar-refractivity contribution is 7.11. The fourth-order valence-electron chi connectivity index (χ4n) is 1.38. The monoisotopic (exact) mass is 257 g/mol. The number of hydrogen-bond acceptors (Lipinski definition) is 5. The predicted octanol–water partition coefficient (Wildman–Crippen LogP) is 1.91. The van der Waals surface area contributed by atoms with Gasteiger partial charge in [0.15, 0.2) is 0 Å². The van der Waals surface area contributed by atoms with Gasteiger partial charge >= 0.3 is 0 Å². The average molecular weight is 257 g/mol.